The molecular weight excluding hydrogens is 401 g/mol. The summed E-state index contributed by atoms with van der Waals surface area (Å²) in [5.41, 5.74) is 5.08. The molecule has 0 aliphatic carbocycles. The van der Waals surface area contributed by atoms with Gasteiger partial charge in [-0.2, -0.15) is 0 Å². The highest BCUT2D eigenvalue weighted by Crippen LogP contribution is 2.41. The Bertz CT molecular complexity index is 1150. The number of hydrogen-bond acceptors (Lipinski definition) is 2. The number of carbonyl (C=O) groups is 1. The molecule has 1 N–H and O–H groups in total. The van der Waals surface area contributed by atoms with Crippen LogP contribution in [0.5, 0.6) is 0 Å². The molecule has 1 unspecified atom stereocenters. The number of fused-ring (bicyclic) bond motifs is 1. The Balaban J connectivity index is 1.81. The number of para-hydroxylation sites is 1. The first kappa shape index (κ1) is 20.8. The molecule has 158 valence electrons. The number of halogens is 1. The number of nitrogens with one attached hydrogen (secondary N) is 1. The van der Waals surface area contributed by atoms with E-state index < -0.39 is 11.2 Å². The maximum atomic E-state index is 13.9. The highest BCUT2D eigenvalue weighted by Gasteiger charge is 2.37. The third-order valence-corrected chi connectivity index (χ3v) is 6.85. The van der Waals surface area contributed by atoms with Gasteiger partial charge in [-0.1, -0.05) is 32.0 Å². The van der Waals surface area contributed by atoms with Gasteiger partial charge in [0.15, 0.2) is 11.2 Å². The lowest BCUT2D eigenvalue weighted by Crippen LogP contribution is -2.50. The van der Waals surface area contributed by atoms with E-state index in [1.165, 1.54) is 24.2 Å². The van der Waals surface area contributed by atoms with E-state index in [2.05, 4.69) is 35.3 Å². The Labute approximate surface area is 178 Å². The molecule has 4 rings (SSSR count). The van der Waals surface area contributed by atoms with Crippen molar-refractivity contribution >= 4 is 28.0 Å². The van der Waals surface area contributed by atoms with Crippen LogP contribution in [0.3, 0.4) is 0 Å². The van der Waals surface area contributed by atoms with Gasteiger partial charge in [0.1, 0.15) is 5.82 Å². The van der Waals surface area contributed by atoms with Crippen molar-refractivity contribution in [1.82, 2.24) is 13.6 Å². The number of benzene rings is 2. The van der Waals surface area contributed by atoms with E-state index in [9.17, 15) is 13.4 Å². The number of hydrogen-bond donors (Lipinski definition) is 1. The predicted molar refractivity (Wildman–Crippen MR) is 118 cm³/mol. The average Bonchev–Trinajstić information content (AvgIpc) is 2.98. The van der Waals surface area contributed by atoms with Crippen LogP contribution in [-0.2, 0) is 16.0 Å². The van der Waals surface area contributed by atoms with E-state index >= 15 is 0 Å². The second kappa shape index (κ2) is 7.96. The van der Waals surface area contributed by atoms with Gasteiger partial charge in [-0.3, -0.25) is 9.52 Å². The Morgan fingerprint density at radius 1 is 1.20 bits per heavy atom. The van der Waals surface area contributed by atoms with Gasteiger partial charge in [0.2, 0.25) is 5.91 Å². The fourth-order valence-corrected chi connectivity index (χ4v) is 5.28. The number of amides is 1. The molecule has 2 aromatic carbocycles. The van der Waals surface area contributed by atoms with Gasteiger partial charge in [-0.15, -0.1) is 0 Å². The number of aromatic nitrogens is 1. The summed E-state index contributed by atoms with van der Waals surface area (Å²) in [7, 11) is 0. The largest absolute Gasteiger partial charge is 0.313 e. The first-order chi connectivity index (χ1) is 14.3. The normalized spacial score (nSPS) is 16.1. The molecule has 0 radical (unpaired) electrons. The van der Waals surface area contributed by atoms with Crippen LogP contribution in [0, 0.1) is 12.7 Å². The minimum atomic E-state index is -1.50. The smallest absolute Gasteiger partial charge is 0.229 e. The summed E-state index contributed by atoms with van der Waals surface area (Å²) >= 11 is -1.50. The van der Waals surface area contributed by atoms with E-state index in [0.717, 1.165) is 16.6 Å². The maximum absolute atomic E-state index is 13.9. The third kappa shape index (κ3) is 3.56. The molecule has 0 bridgehead atoms. The van der Waals surface area contributed by atoms with E-state index in [1.807, 2.05) is 24.3 Å². The van der Waals surface area contributed by atoms with Crippen molar-refractivity contribution in [2.24, 2.45) is 0 Å². The minimum Gasteiger partial charge on any atom is -0.313 e. The lowest BCUT2D eigenvalue weighted by molar-refractivity contribution is -0.117. The van der Waals surface area contributed by atoms with Crippen molar-refractivity contribution in [3.8, 4) is 5.69 Å². The van der Waals surface area contributed by atoms with Gasteiger partial charge in [0.25, 0.3) is 0 Å². The van der Waals surface area contributed by atoms with Gasteiger partial charge >= 0.3 is 0 Å². The Morgan fingerprint density at radius 3 is 2.53 bits per heavy atom. The number of aryl methyl sites for hydroxylation is 1. The van der Waals surface area contributed by atoms with E-state index in [4.69, 9.17) is 0 Å². The summed E-state index contributed by atoms with van der Waals surface area (Å²) in [4.78, 5) is 11.2. The number of carbonyl (C=O) groups excluding carboxylic acids is 1. The van der Waals surface area contributed by atoms with Crippen LogP contribution in [0.4, 0.5) is 4.39 Å². The molecule has 5 nitrogen and oxygen atoms in total. The fourth-order valence-electron chi connectivity index (χ4n) is 4.27. The van der Waals surface area contributed by atoms with Crippen LogP contribution >= 0.6 is 0 Å². The standard InChI is InChI=1S/C23H26FN3O2S/c1-14(2)23-22(17-12-26(13-17)30(29)25-16(4)28)19-7-5-6-8-21(19)27(23)18-9-10-20(24)15(3)11-18/h5-11,14,17H,12-13H2,1-4H3,(H,25,28). The third-order valence-electron chi connectivity index (χ3n) is 5.62. The summed E-state index contributed by atoms with van der Waals surface area (Å²) in [6.07, 6.45) is 0. The first-order valence-corrected chi connectivity index (χ1v) is 11.2. The van der Waals surface area contributed by atoms with Crippen LogP contribution in [0.25, 0.3) is 16.6 Å². The topological polar surface area (TPSA) is 54.3 Å². The highest BCUT2D eigenvalue weighted by atomic mass is 32.2. The Morgan fingerprint density at radius 2 is 1.90 bits per heavy atom. The zero-order chi connectivity index (χ0) is 21.6. The van der Waals surface area contributed by atoms with Crippen molar-refractivity contribution in [1.29, 1.82) is 0 Å². The zero-order valence-corrected chi connectivity index (χ0v) is 18.4. The molecule has 30 heavy (non-hydrogen) atoms. The summed E-state index contributed by atoms with van der Waals surface area (Å²) in [5, 5.41) is 1.16. The van der Waals surface area contributed by atoms with Crippen LogP contribution in [0.2, 0.25) is 0 Å². The molecule has 1 amide bonds. The van der Waals surface area contributed by atoms with Gasteiger partial charge in [0.05, 0.1) is 5.52 Å². The second-order valence-electron chi connectivity index (χ2n) is 8.19. The minimum absolute atomic E-state index is 0.211. The lowest BCUT2D eigenvalue weighted by atomic mass is 9.88. The quantitative estimate of drug-likeness (QED) is 0.660. The second-order valence-corrected chi connectivity index (χ2v) is 9.41. The van der Waals surface area contributed by atoms with Crippen LogP contribution in [0.15, 0.2) is 42.5 Å². The summed E-state index contributed by atoms with van der Waals surface area (Å²) in [6, 6.07) is 13.5. The van der Waals surface area contributed by atoms with Crippen LogP contribution in [-0.4, -0.2) is 32.1 Å². The molecule has 3 aromatic rings. The maximum Gasteiger partial charge on any atom is 0.229 e. The van der Waals surface area contributed by atoms with Crippen LogP contribution in [0.1, 0.15) is 49.4 Å². The predicted octanol–water partition coefficient (Wildman–Crippen LogP) is 4.32. The van der Waals surface area contributed by atoms with E-state index in [0.29, 0.717) is 18.7 Å². The zero-order valence-electron chi connectivity index (χ0n) is 17.6. The molecule has 1 fully saturated rings. The average molecular weight is 428 g/mol. The molecule has 1 saturated heterocycles. The Kier molecular flexibility index (Phi) is 5.51. The SMILES string of the molecule is CC(=O)NS(=O)N1CC(c2c(C(C)C)n(-c3ccc(F)c(C)c3)c3ccccc23)C1. The molecule has 1 aromatic heterocycles. The van der Waals surface area contributed by atoms with E-state index in [1.54, 1.807) is 11.2 Å². The highest BCUT2D eigenvalue weighted by molar-refractivity contribution is 7.81. The molecule has 1 aliphatic heterocycles. The summed E-state index contributed by atoms with van der Waals surface area (Å²) in [5.74, 6) is -0.0555. The van der Waals surface area contributed by atoms with Gasteiger partial charge in [-0.05, 0) is 48.2 Å². The number of rotatable bonds is 5. The van der Waals surface area contributed by atoms with E-state index in [-0.39, 0.29) is 23.6 Å². The molecule has 0 spiro atoms. The molecule has 0 saturated carbocycles. The van der Waals surface area contributed by atoms with Gasteiger partial charge < -0.3 is 4.57 Å². The molecule has 2 heterocycles. The summed E-state index contributed by atoms with van der Waals surface area (Å²) < 4.78 is 32.6. The van der Waals surface area contributed by atoms with Crippen molar-refractivity contribution in [3.05, 3.63) is 65.1 Å². The van der Waals surface area contributed by atoms with Gasteiger partial charge in [-0.25, -0.2) is 12.9 Å². The van der Waals surface area contributed by atoms with Crippen molar-refractivity contribution in [2.45, 2.75) is 39.5 Å². The Hall–Kier alpha value is -2.51. The molecule has 7 heteroatoms. The van der Waals surface area contributed by atoms with Crippen molar-refractivity contribution in [3.63, 3.8) is 0 Å². The molecular formula is C23H26FN3O2S. The molecule has 1 atom stereocenters. The fraction of sp³-hybridized carbons (Fsp3) is 0.348. The first-order valence-electron chi connectivity index (χ1n) is 10.1. The monoisotopic (exact) mass is 427 g/mol. The summed E-state index contributed by atoms with van der Waals surface area (Å²) in [6.45, 7) is 8.70. The molecule has 1 aliphatic rings. The lowest BCUT2D eigenvalue weighted by Gasteiger charge is -2.38. The van der Waals surface area contributed by atoms with Crippen molar-refractivity contribution < 1.29 is 13.4 Å². The number of nitrogens with zero attached hydrogens (tertiary/aromatic N) is 2. The van der Waals surface area contributed by atoms with Gasteiger partial charge in [0, 0.05) is 42.7 Å². The van der Waals surface area contributed by atoms with Crippen LogP contribution < -0.4 is 4.72 Å². The van der Waals surface area contributed by atoms with Crippen molar-refractivity contribution in [2.75, 3.05) is 13.1 Å².